The third-order valence-corrected chi connectivity index (χ3v) is 6.22. The Hall–Kier alpha value is -5.11. The molecular formula is C31H29N5O3. The summed E-state index contributed by atoms with van der Waals surface area (Å²) in [6.07, 6.45) is 3.79. The second-order valence-corrected chi connectivity index (χ2v) is 8.74. The fourth-order valence-corrected chi connectivity index (χ4v) is 4.19. The van der Waals surface area contributed by atoms with Gasteiger partial charge in [-0.3, -0.25) is 4.79 Å². The lowest BCUT2D eigenvalue weighted by Crippen LogP contribution is -2.28. The molecule has 5 aromatic rings. The zero-order valence-electron chi connectivity index (χ0n) is 21.8. The van der Waals surface area contributed by atoms with Crippen LogP contribution in [0.15, 0.2) is 103 Å². The molecule has 8 heteroatoms. The van der Waals surface area contributed by atoms with Crippen LogP contribution >= 0.6 is 0 Å². The van der Waals surface area contributed by atoms with E-state index in [0.717, 1.165) is 33.8 Å². The van der Waals surface area contributed by atoms with Crippen molar-refractivity contribution in [1.82, 2.24) is 20.1 Å². The molecule has 2 N–H and O–H groups in total. The maximum absolute atomic E-state index is 12.4. The number of nitrogens with zero attached hydrogens (tertiary/aromatic N) is 3. The molecule has 39 heavy (non-hydrogen) atoms. The molecule has 196 valence electrons. The summed E-state index contributed by atoms with van der Waals surface area (Å²) in [5.41, 5.74) is 5.26. The Balaban J connectivity index is 1.33. The van der Waals surface area contributed by atoms with Crippen LogP contribution in [0.2, 0.25) is 0 Å². The minimum absolute atomic E-state index is 0.141. The number of benzene rings is 3. The van der Waals surface area contributed by atoms with Crippen LogP contribution in [0.5, 0.6) is 11.5 Å². The molecule has 0 spiro atoms. The molecule has 0 unspecified atom stereocenters. The summed E-state index contributed by atoms with van der Waals surface area (Å²) in [6.45, 7) is 0.960. The lowest BCUT2D eigenvalue weighted by molar-refractivity contribution is 0.0955. The normalized spacial score (nSPS) is 10.6. The van der Waals surface area contributed by atoms with Gasteiger partial charge in [-0.25, -0.2) is 9.67 Å². The van der Waals surface area contributed by atoms with E-state index < -0.39 is 0 Å². The number of nitrogens with one attached hydrogen (secondary N) is 2. The molecule has 0 aliphatic rings. The highest BCUT2D eigenvalue weighted by molar-refractivity contribution is 5.94. The summed E-state index contributed by atoms with van der Waals surface area (Å²) in [7, 11) is 3.25. The monoisotopic (exact) mass is 519 g/mol. The molecule has 0 bridgehead atoms. The van der Waals surface area contributed by atoms with Gasteiger partial charge in [-0.2, -0.15) is 5.10 Å². The first-order chi connectivity index (χ1) is 19.1. The van der Waals surface area contributed by atoms with E-state index in [-0.39, 0.29) is 5.91 Å². The lowest BCUT2D eigenvalue weighted by atomic mass is 10.0. The van der Waals surface area contributed by atoms with Gasteiger partial charge in [-0.05, 0) is 66.2 Å². The van der Waals surface area contributed by atoms with Gasteiger partial charge in [-0.15, -0.1) is 0 Å². The van der Waals surface area contributed by atoms with Gasteiger partial charge >= 0.3 is 0 Å². The van der Waals surface area contributed by atoms with Crippen molar-refractivity contribution in [2.45, 2.75) is 0 Å². The third-order valence-electron chi connectivity index (χ3n) is 6.22. The highest BCUT2D eigenvalue weighted by Crippen LogP contribution is 2.34. The molecule has 0 saturated heterocycles. The Labute approximate surface area is 227 Å². The molecule has 5 rings (SSSR count). The highest BCUT2D eigenvalue weighted by Gasteiger charge is 2.15. The smallest absolute Gasteiger partial charge is 0.251 e. The summed E-state index contributed by atoms with van der Waals surface area (Å²) >= 11 is 0. The maximum Gasteiger partial charge on any atom is 0.251 e. The summed E-state index contributed by atoms with van der Waals surface area (Å²) in [5, 5.41) is 11.2. The fraction of sp³-hybridized carbons (Fsp3) is 0.129. The van der Waals surface area contributed by atoms with E-state index in [2.05, 4.69) is 15.6 Å². The van der Waals surface area contributed by atoms with Crippen molar-refractivity contribution in [2.75, 3.05) is 32.6 Å². The van der Waals surface area contributed by atoms with Crippen molar-refractivity contribution in [3.05, 3.63) is 109 Å². The number of methoxy groups -OCH3 is 2. The van der Waals surface area contributed by atoms with Gasteiger partial charge < -0.3 is 20.1 Å². The minimum atomic E-state index is -0.141. The highest BCUT2D eigenvalue weighted by atomic mass is 16.5. The zero-order chi connectivity index (χ0) is 27.0. The van der Waals surface area contributed by atoms with E-state index >= 15 is 0 Å². The Bertz CT molecular complexity index is 1550. The number of hydrogen-bond acceptors (Lipinski definition) is 6. The molecule has 0 fully saturated rings. The second-order valence-electron chi connectivity index (χ2n) is 8.74. The Morgan fingerprint density at radius 3 is 2.38 bits per heavy atom. The first-order valence-corrected chi connectivity index (χ1v) is 12.6. The van der Waals surface area contributed by atoms with Gasteiger partial charge in [0.15, 0.2) is 0 Å². The van der Waals surface area contributed by atoms with Crippen molar-refractivity contribution in [3.63, 3.8) is 0 Å². The fourth-order valence-electron chi connectivity index (χ4n) is 4.19. The van der Waals surface area contributed by atoms with E-state index in [1.54, 1.807) is 44.7 Å². The Morgan fingerprint density at radius 2 is 1.62 bits per heavy atom. The summed E-state index contributed by atoms with van der Waals surface area (Å²) in [6, 6.07) is 28.8. The predicted molar refractivity (Wildman–Crippen MR) is 153 cm³/mol. The van der Waals surface area contributed by atoms with E-state index in [9.17, 15) is 4.79 Å². The van der Waals surface area contributed by atoms with Crippen LogP contribution < -0.4 is 20.1 Å². The van der Waals surface area contributed by atoms with Crippen LogP contribution in [-0.4, -0.2) is 48.0 Å². The third kappa shape index (κ3) is 6.07. The number of pyridine rings is 1. The van der Waals surface area contributed by atoms with Crippen molar-refractivity contribution in [1.29, 1.82) is 0 Å². The van der Waals surface area contributed by atoms with Gasteiger partial charge in [-0.1, -0.05) is 30.3 Å². The summed E-state index contributed by atoms with van der Waals surface area (Å²) in [4.78, 5) is 16.9. The Kier molecular flexibility index (Phi) is 7.83. The summed E-state index contributed by atoms with van der Waals surface area (Å²) < 4.78 is 12.5. The number of amides is 1. The van der Waals surface area contributed by atoms with Crippen LogP contribution in [0, 0.1) is 0 Å². The molecular weight excluding hydrogens is 490 g/mol. The van der Waals surface area contributed by atoms with Gasteiger partial charge in [0.05, 0.1) is 19.9 Å². The van der Waals surface area contributed by atoms with Crippen LogP contribution in [-0.2, 0) is 0 Å². The van der Waals surface area contributed by atoms with Crippen LogP contribution in [0.4, 0.5) is 5.82 Å². The topological polar surface area (TPSA) is 90.3 Å². The largest absolute Gasteiger partial charge is 0.497 e. The van der Waals surface area contributed by atoms with Crippen LogP contribution in [0.3, 0.4) is 0 Å². The lowest BCUT2D eigenvalue weighted by Gasteiger charge is -2.10. The SMILES string of the molecule is COc1ccc(C(=O)NCCNc2cc(-c3cn(-c4ccccc4)nc3-c3cccc(OC)c3)ccn2)cc1. The number of anilines is 1. The van der Waals surface area contributed by atoms with E-state index in [1.807, 2.05) is 77.6 Å². The number of hydrogen-bond donors (Lipinski definition) is 2. The van der Waals surface area contributed by atoms with Crippen LogP contribution in [0.25, 0.3) is 28.1 Å². The van der Waals surface area contributed by atoms with Crippen molar-refractivity contribution in [3.8, 4) is 39.6 Å². The zero-order valence-corrected chi connectivity index (χ0v) is 21.8. The van der Waals surface area contributed by atoms with Gasteiger partial charge in [0, 0.05) is 42.2 Å². The number of aromatic nitrogens is 3. The molecule has 0 aliphatic carbocycles. The number of ether oxygens (including phenoxy) is 2. The number of carbonyl (C=O) groups excluding carboxylic acids is 1. The van der Waals surface area contributed by atoms with Crippen LogP contribution in [0.1, 0.15) is 10.4 Å². The maximum atomic E-state index is 12.4. The molecule has 0 radical (unpaired) electrons. The Morgan fingerprint density at radius 1 is 0.821 bits per heavy atom. The molecule has 1 amide bonds. The first kappa shape index (κ1) is 25.5. The van der Waals surface area contributed by atoms with Crippen molar-refractivity contribution >= 4 is 11.7 Å². The second kappa shape index (κ2) is 12.0. The van der Waals surface area contributed by atoms with E-state index in [1.165, 1.54) is 0 Å². The minimum Gasteiger partial charge on any atom is -0.497 e. The van der Waals surface area contributed by atoms with E-state index in [4.69, 9.17) is 14.6 Å². The molecule has 0 saturated carbocycles. The molecule has 0 atom stereocenters. The van der Waals surface area contributed by atoms with Crippen molar-refractivity contribution in [2.24, 2.45) is 0 Å². The average molecular weight is 520 g/mol. The molecule has 2 aromatic heterocycles. The molecule has 2 heterocycles. The number of para-hydroxylation sites is 1. The number of carbonyl (C=O) groups is 1. The number of rotatable bonds is 10. The average Bonchev–Trinajstić information content (AvgIpc) is 3.46. The first-order valence-electron chi connectivity index (χ1n) is 12.6. The summed E-state index contributed by atoms with van der Waals surface area (Å²) in [5.74, 6) is 2.04. The molecule has 3 aromatic carbocycles. The quantitative estimate of drug-likeness (QED) is 0.238. The predicted octanol–water partition coefficient (Wildman–Crippen LogP) is 5.46. The van der Waals surface area contributed by atoms with Crippen molar-refractivity contribution < 1.29 is 14.3 Å². The standard InChI is InChI=1S/C31H29N5O3/c1-38-26-13-11-22(12-14-26)31(37)34-18-17-33-29-20-23(15-16-32-29)28-21-36(25-8-4-3-5-9-25)35-30(28)24-7-6-10-27(19-24)39-2/h3-16,19-21H,17-18H2,1-2H3,(H,32,33)(H,34,37). The van der Waals surface area contributed by atoms with E-state index in [0.29, 0.717) is 30.2 Å². The molecule has 0 aliphatic heterocycles. The van der Waals surface area contributed by atoms with Gasteiger partial charge in [0.25, 0.3) is 5.91 Å². The van der Waals surface area contributed by atoms with Gasteiger partial charge in [0.2, 0.25) is 0 Å². The molecule has 8 nitrogen and oxygen atoms in total. The van der Waals surface area contributed by atoms with Gasteiger partial charge in [0.1, 0.15) is 23.0 Å².